The van der Waals surface area contributed by atoms with Crippen LogP contribution < -0.4 is 5.32 Å². The SMILES string of the molecule is CC(C)(O)CNC(=O)Cc1c(F)cccc1F. The molecule has 1 aromatic carbocycles. The van der Waals surface area contributed by atoms with Crippen molar-refractivity contribution in [1.82, 2.24) is 5.32 Å². The minimum Gasteiger partial charge on any atom is -0.389 e. The normalized spacial score (nSPS) is 11.4. The van der Waals surface area contributed by atoms with E-state index in [1.54, 1.807) is 0 Å². The van der Waals surface area contributed by atoms with Crippen molar-refractivity contribution in [2.45, 2.75) is 25.9 Å². The molecule has 0 saturated carbocycles. The van der Waals surface area contributed by atoms with Gasteiger partial charge in [-0.1, -0.05) is 6.07 Å². The van der Waals surface area contributed by atoms with Gasteiger partial charge in [-0.15, -0.1) is 0 Å². The van der Waals surface area contributed by atoms with E-state index in [-0.39, 0.29) is 18.5 Å². The smallest absolute Gasteiger partial charge is 0.224 e. The van der Waals surface area contributed by atoms with Crippen molar-refractivity contribution in [1.29, 1.82) is 0 Å². The van der Waals surface area contributed by atoms with E-state index >= 15 is 0 Å². The number of hydrogen-bond acceptors (Lipinski definition) is 2. The summed E-state index contributed by atoms with van der Waals surface area (Å²) < 4.78 is 26.4. The van der Waals surface area contributed by atoms with Gasteiger partial charge < -0.3 is 10.4 Å². The predicted octanol–water partition coefficient (Wildman–Crippen LogP) is 1.39. The molecule has 0 saturated heterocycles. The van der Waals surface area contributed by atoms with E-state index in [1.165, 1.54) is 19.9 Å². The number of aliphatic hydroxyl groups is 1. The van der Waals surface area contributed by atoms with Gasteiger partial charge in [0.25, 0.3) is 0 Å². The Kier molecular flexibility index (Phi) is 4.17. The summed E-state index contributed by atoms with van der Waals surface area (Å²) in [5.74, 6) is -2.03. The molecular formula is C12H15F2NO2. The lowest BCUT2D eigenvalue weighted by Gasteiger charge is -2.17. The van der Waals surface area contributed by atoms with Crippen LogP contribution in [-0.2, 0) is 11.2 Å². The molecule has 0 atom stereocenters. The highest BCUT2D eigenvalue weighted by molar-refractivity contribution is 5.78. The monoisotopic (exact) mass is 243 g/mol. The fourth-order valence-corrected chi connectivity index (χ4v) is 1.24. The second kappa shape index (κ2) is 5.23. The average Bonchev–Trinajstić information content (AvgIpc) is 2.20. The molecule has 0 unspecified atom stereocenters. The lowest BCUT2D eigenvalue weighted by atomic mass is 10.1. The highest BCUT2D eigenvalue weighted by Crippen LogP contribution is 2.12. The van der Waals surface area contributed by atoms with E-state index in [2.05, 4.69) is 5.32 Å². The van der Waals surface area contributed by atoms with Gasteiger partial charge >= 0.3 is 0 Å². The van der Waals surface area contributed by atoms with Crippen LogP contribution in [0, 0.1) is 11.6 Å². The molecule has 0 fully saturated rings. The molecule has 0 radical (unpaired) electrons. The van der Waals surface area contributed by atoms with Crippen LogP contribution in [-0.4, -0.2) is 23.2 Å². The van der Waals surface area contributed by atoms with Gasteiger partial charge in [0, 0.05) is 12.1 Å². The molecule has 0 aliphatic heterocycles. The molecule has 0 bridgehead atoms. The van der Waals surface area contributed by atoms with E-state index in [4.69, 9.17) is 0 Å². The largest absolute Gasteiger partial charge is 0.389 e. The van der Waals surface area contributed by atoms with Gasteiger partial charge in [0.05, 0.1) is 12.0 Å². The fraction of sp³-hybridized carbons (Fsp3) is 0.417. The van der Waals surface area contributed by atoms with Gasteiger partial charge in [-0.3, -0.25) is 4.79 Å². The zero-order valence-corrected chi connectivity index (χ0v) is 9.76. The quantitative estimate of drug-likeness (QED) is 0.839. The molecule has 17 heavy (non-hydrogen) atoms. The molecule has 1 amide bonds. The minimum atomic E-state index is -1.05. The summed E-state index contributed by atoms with van der Waals surface area (Å²) >= 11 is 0. The summed E-state index contributed by atoms with van der Waals surface area (Å²) in [6, 6.07) is 3.44. The van der Waals surface area contributed by atoms with Crippen LogP contribution >= 0.6 is 0 Å². The molecule has 0 aliphatic rings. The van der Waals surface area contributed by atoms with Crippen molar-refractivity contribution in [3.63, 3.8) is 0 Å². The summed E-state index contributed by atoms with van der Waals surface area (Å²) in [5.41, 5.74) is -1.32. The number of carbonyl (C=O) groups is 1. The second-order valence-electron chi connectivity index (χ2n) is 4.47. The maximum absolute atomic E-state index is 13.2. The van der Waals surface area contributed by atoms with Gasteiger partial charge in [-0.2, -0.15) is 0 Å². The first-order valence-corrected chi connectivity index (χ1v) is 5.21. The van der Waals surface area contributed by atoms with Crippen LogP contribution in [0.4, 0.5) is 8.78 Å². The van der Waals surface area contributed by atoms with Crippen molar-refractivity contribution >= 4 is 5.91 Å². The summed E-state index contributed by atoms with van der Waals surface area (Å²) in [7, 11) is 0. The Bertz CT molecular complexity index is 393. The van der Waals surface area contributed by atoms with Crippen LogP contribution in [0.15, 0.2) is 18.2 Å². The summed E-state index contributed by atoms with van der Waals surface area (Å²) in [4.78, 5) is 11.4. The van der Waals surface area contributed by atoms with Crippen molar-refractivity contribution in [3.8, 4) is 0 Å². The van der Waals surface area contributed by atoms with E-state index in [0.717, 1.165) is 12.1 Å². The third-order valence-corrected chi connectivity index (χ3v) is 2.12. The molecule has 0 aliphatic carbocycles. The number of hydrogen-bond donors (Lipinski definition) is 2. The maximum atomic E-state index is 13.2. The zero-order valence-electron chi connectivity index (χ0n) is 9.76. The Hall–Kier alpha value is -1.49. The molecule has 0 spiro atoms. The van der Waals surface area contributed by atoms with Crippen LogP contribution in [0.25, 0.3) is 0 Å². The average molecular weight is 243 g/mol. The number of amides is 1. The van der Waals surface area contributed by atoms with Gasteiger partial charge in [0.15, 0.2) is 0 Å². The minimum absolute atomic E-state index is 0.0297. The van der Waals surface area contributed by atoms with Gasteiger partial charge in [-0.25, -0.2) is 8.78 Å². The Morgan fingerprint density at radius 2 is 1.88 bits per heavy atom. The first-order chi connectivity index (χ1) is 7.79. The third kappa shape index (κ3) is 4.48. The summed E-state index contributed by atoms with van der Waals surface area (Å²) in [5, 5.41) is 11.8. The molecule has 1 rings (SSSR count). The van der Waals surface area contributed by atoms with E-state index in [0.29, 0.717) is 0 Å². The summed E-state index contributed by atoms with van der Waals surface area (Å²) in [6.45, 7) is 3.08. The lowest BCUT2D eigenvalue weighted by Crippen LogP contribution is -2.39. The standard InChI is InChI=1S/C12H15F2NO2/c1-12(2,17)7-15-11(16)6-8-9(13)4-3-5-10(8)14/h3-5,17H,6-7H2,1-2H3,(H,15,16). The first kappa shape index (κ1) is 13.6. The number of benzene rings is 1. The predicted molar refractivity (Wildman–Crippen MR) is 59.4 cm³/mol. The van der Waals surface area contributed by atoms with Gasteiger partial charge in [-0.05, 0) is 26.0 Å². The van der Waals surface area contributed by atoms with Gasteiger partial charge in [0.1, 0.15) is 11.6 Å². The molecule has 3 nitrogen and oxygen atoms in total. The Labute approximate surface area is 98.5 Å². The topological polar surface area (TPSA) is 49.3 Å². The van der Waals surface area contributed by atoms with Crippen molar-refractivity contribution in [2.75, 3.05) is 6.54 Å². The Balaban J connectivity index is 2.63. The molecule has 1 aromatic rings. The second-order valence-corrected chi connectivity index (χ2v) is 4.47. The van der Waals surface area contributed by atoms with E-state index < -0.39 is 23.1 Å². The maximum Gasteiger partial charge on any atom is 0.224 e. The van der Waals surface area contributed by atoms with E-state index in [1.807, 2.05) is 0 Å². The fourth-order valence-electron chi connectivity index (χ4n) is 1.24. The number of rotatable bonds is 4. The highest BCUT2D eigenvalue weighted by Gasteiger charge is 2.16. The molecule has 2 N–H and O–H groups in total. The Morgan fingerprint density at radius 1 is 1.35 bits per heavy atom. The van der Waals surface area contributed by atoms with Crippen molar-refractivity contribution < 1.29 is 18.7 Å². The van der Waals surface area contributed by atoms with Crippen molar-refractivity contribution in [2.24, 2.45) is 0 Å². The molecule has 94 valence electrons. The highest BCUT2D eigenvalue weighted by atomic mass is 19.1. The summed E-state index contributed by atoms with van der Waals surface area (Å²) in [6.07, 6.45) is -0.380. The zero-order chi connectivity index (χ0) is 13.1. The van der Waals surface area contributed by atoms with Gasteiger partial charge in [0.2, 0.25) is 5.91 Å². The van der Waals surface area contributed by atoms with E-state index in [9.17, 15) is 18.7 Å². The molecule has 5 heteroatoms. The van der Waals surface area contributed by atoms with Crippen molar-refractivity contribution in [3.05, 3.63) is 35.4 Å². The molecule has 0 aromatic heterocycles. The lowest BCUT2D eigenvalue weighted by molar-refractivity contribution is -0.121. The molecular weight excluding hydrogens is 228 g/mol. The van der Waals surface area contributed by atoms with Crippen LogP contribution in [0.5, 0.6) is 0 Å². The first-order valence-electron chi connectivity index (χ1n) is 5.21. The molecule has 0 heterocycles. The number of carbonyl (C=O) groups excluding carboxylic acids is 1. The van der Waals surface area contributed by atoms with Crippen LogP contribution in [0.2, 0.25) is 0 Å². The van der Waals surface area contributed by atoms with Crippen LogP contribution in [0.3, 0.4) is 0 Å². The third-order valence-electron chi connectivity index (χ3n) is 2.12. The van der Waals surface area contributed by atoms with Crippen LogP contribution in [0.1, 0.15) is 19.4 Å². The Morgan fingerprint density at radius 3 is 2.35 bits per heavy atom. The number of nitrogens with one attached hydrogen (secondary N) is 1. The number of halogens is 2.